The van der Waals surface area contributed by atoms with Crippen molar-refractivity contribution in [2.24, 2.45) is 0 Å². The van der Waals surface area contributed by atoms with Crippen LogP contribution in [0.1, 0.15) is 44.7 Å². The number of morpholine rings is 1. The molecule has 1 atom stereocenters. The number of halogens is 1. The van der Waals surface area contributed by atoms with Crippen molar-refractivity contribution in [2.75, 3.05) is 18.4 Å². The molecule has 0 radical (unpaired) electrons. The Hall–Kier alpha value is -0.380. The molecule has 0 spiro atoms. The van der Waals surface area contributed by atoms with Crippen LogP contribution < -0.4 is 0 Å². The Morgan fingerprint density at radius 3 is 2.50 bits per heavy atom. The standard InChI is InChI=1S/C17H26BrNO/c1-13(2)15-7-5-14(6-8-15)10-19-11-16(9-18)20-17(3,4)12-19/h5-8,13,16H,9-12H2,1-4H3. The highest BCUT2D eigenvalue weighted by molar-refractivity contribution is 9.09. The average molecular weight is 340 g/mol. The fourth-order valence-electron chi connectivity index (χ4n) is 2.88. The van der Waals surface area contributed by atoms with Crippen LogP contribution in [-0.4, -0.2) is 35.0 Å². The number of ether oxygens (including phenoxy) is 1. The monoisotopic (exact) mass is 339 g/mol. The highest BCUT2D eigenvalue weighted by Gasteiger charge is 2.32. The number of benzene rings is 1. The van der Waals surface area contributed by atoms with Gasteiger partial charge in [-0.05, 0) is 30.9 Å². The summed E-state index contributed by atoms with van der Waals surface area (Å²) in [6, 6.07) is 9.04. The van der Waals surface area contributed by atoms with Crippen molar-refractivity contribution < 1.29 is 4.74 Å². The first-order valence-corrected chi connectivity index (χ1v) is 8.57. The molecule has 1 saturated heterocycles. The molecule has 1 fully saturated rings. The highest BCUT2D eigenvalue weighted by Crippen LogP contribution is 2.24. The first-order chi connectivity index (χ1) is 9.39. The van der Waals surface area contributed by atoms with Gasteiger partial charge in [0.1, 0.15) is 0 Å². The average Bonchev–Trinajstić information content (AvgIpc) is 2.37. The molecular formula is C17H26BrNO. The molecule has 0 N–H and O–H groups in total. The number of hydrogen-bond donors (Lipinski definition) is 0. The summed E-state index contributed by atoms with van der Waals surface area (Å²) in [4.78, 5) is 2.50. The van der Waals surface area contributed by atoms with E-state index in [1.807, 2.05) is 0 Å². The van der Waals surface area contributed by atoms with Crippen molar-refractivity contribution in [3.63, 3.8) is 0 Å². The van der Waals surface area contributed by atoms with Gasteiger partial charge in [0.05, 0.1) is 11.7 Å². The Morgan fingerprint density at radius 2 is 1.95 bits per heavy atom. The molecule has 0 aliphatic carbocycles. The molecule has 1 aliphatic rings. The van der Waals surface area contributed by atoms with Crippen LogP contribution in [0, 0.1) is 0 Å². The van der Waals surface area contributed by atoms with Crippen LogP contribution >= 0.6 is 15.9 Å². The van der Waals surface area contributed by atoms with Crippen molar-refractivity contribution in [2.45, 2.75) is 51.9 Å². The lowest BCUT2D eigenvalue weighted by atomic mass is 10.0. The van der Waals surface area contributed by atoms with Gasteiger partial charge in [0, 0.05) is 25.0 Å². The summed E-state index contributed by atoms with van der Waals surface area (Å²) in [5, 5.41) is 0.902. The summed E-state index contributed by atoms with van der Waals surface area (Å²) in [6.45, 7) is 11.8. The Morgan fingerprint density at radius 1 is 1.30 bits per heavy atom. The van der Waals surface area contributed by atoms with E-state index in [2.05, 4.69) is 72.8 Å². The third-order valence-corrected chi connectivity index (χ3v) is 4.50. The van der Waals surface area contributed by atoms with E-state index in [4.69, 9.17) is 4.74 Å². The minimum absolute atomic E-state index is 0.0610. The van der Waals surface area contributed by atoms with Crippen molar-refractivity contribution in [3.8, 4) is 0 Å². The molecule has 0 saturated carbocycles. The third kappa shape index (κ3) is 4.31. The van der Waals surface area contributed by atoms with E-state index in [0.717, 1.165) is 25.0 Å². The molecular weight excluding hydrogens is 314 g/mol. The molecule has 112 valence electrons. The van der Waals surface area contributed by atoms with Gasteiger partial charge in [-0.2, -0.15) is 0 Å². The zero-order valence-corrected chi connectivity index (χ0v) is 14.6. The minimum atomic E-state index is -0.0610. The van der Waals surface area contributed by atoms with Crippen LogP contribution in [0.5, 0.6) is 0 Å². The third-order valence-electron chi connectivity index (χ3n) is 3.78. The van der Waals surface area contributed by atoms with Gasteiger partial charge < -0.3 is 4.74 Å². The quantitative estimate of drug-likeness (QED) is 0.763. The lowest BCUT2D eigenvalue weighted by Gasteiger charge is -2.42. The molecule has 1 aliphatic heterocycles. The fourth-order valence-corrected chi connectivity index (χ4v) is 3.22. The number of nitrogens with zero attached hydrogens (tertiary/aromatic N) is 1. The molecule has 1 aromatic rings. The molecule has 2 nitrogen and oxygen atoms in total. The molecule has 3 heteroatoms. The van der Waals surface area contributed by atoms with Gasteiger partial charge >= 0.3 is 0 Å². The van der Waals surface area contributed by atoms with Crippen LogP contribution in [0.15, 0.2) is 24.3 Å². The van der Waals surface area contributed by atoms with Gasteiger partial charge in [-0.3, -0.25) is 4.90 Å². The van der Waals surface area contributed by atoms with E-state index < -0.39 is 0 Å². The van der Waals surface area contributed by atoms with Crippen molar-refractivity contribution in [1.29, 1.82) is 0 Å². The second-order valence-corrected chi connectivity index (χ2v) is 7.37. The summed E-state index contributed by atoms with van der Waals surface area (Å²) in [6.07, 6.45) is 0.286. The normalized spacial score (nSPS) is 23.2. The van der Waals surface area contributed by atoms with Gasteiger partial charge in [0.2, 0.25) is 0 Å². The largest absolute Gasteiger partial charge is 0.369 e. The molecule has 20 heavy (non-hydrogen) atoms. The van der Waals surface area contributed by atoms with Gasteiger partial charge in [-0.15, -0.1) is 0 Å². The second kappa shape index (κ2) is 6.59. The molecule has 0 bridgehead atoms. The molecule has 1 unspecified atom stereocenters. The first kappa shape index (κ1) is 16.0. The highest BCUT2D eigenvalue weighted by atomic mass is 79.9. The lowest BCUT2D eigenvalue weighted by molar-refractivity contribution is -0.128. The summed E-state index contributed by atoms with van der Waals surface area (Å²) in [5.74, 6) is 0.601. The van der Waals surface area contributed by atoms with Crippen LogP contribution in [-0.2, 0) is 11.3 Å². The summed E-state index contributed by atoms with van der Waals surface area (Å²) in [5.41, 5.74) is 2.74. The van der Waals surface area contributed by atoms with E-state index in [-0.39, 0.29) is 11.7 Å². The van der Waals surface area contributed by atoms with Crippen LogP contribution in [0.4, 0.5) is 0 Å². The van der Waals surface area contributed by atoms with E-state index in [0.29, 0.717) is 5.92 Å². The maximum atomic E-state index is 6.05. The predicted molar refractivity (Wildman–Crippen MR) is 88.6 cm³/mol. The van der Waals surface area contributed by atoms with Crippen LogP contribution in [0.2, 0.25) is 0 Å². The van der Waals surface area contributed by atoms with E-state index in [1.54, 1.807) is 0 Å². The van der Waals surface area contributed by atoms with E-state index in [9.17, 15) is 0 Å². The van der Waals surface area contributed by atoms with Crippen LogP contribution in [0.25, 0.3) is 0 Å². The zero-order valence-electron chi connectivity index (χ0n) is 13.0. The molecule has 1 aromatic carbocycles. The maximum absolute atomic E-state index is 6.05. The molecule has 2 rings (SSSR count). The molecule has 0 amide bonds. The summed E-state index contributed by atoms with van der Waals surface area (Å²) < 4.78 is 6.05. The maximum Gasteiger partial charge on any atom is 0.0806 e. The zero-order chi connectivity index (χ0) is 14.8. The minimum Gasteiger partial charge on any atom is -0.369 e. The Bertz CT molecular complexity index is 427. The van der Waals surface area contributed by atoms with Gasteiger partial charge in [0.15, 0.2) is 0 Å². The van der Waals surface area contributed by atoms with Gasteiger partial charge in [0.25, 0.3) is 0 Å². The lowest BCUT2D eigenvalue weighted by Crippen LogP contribution is -2.52. The second-order valence-electron chi connectivity index (χ2n) is 6.72. The number of hydrogen-bond acceptors (Lipinski definition) is 2. The van der Waals surface area contributed by atoms with Gasteiger partial charge in [-0.1, -0.05) is 54.0 Å². The van der Waals surface area contributed by atoms with Crippen molar-refractivity contribution in [3.05, 3.63) is 35.4 Å². The molecule has 0 aromatic heterocycles. The van der Waals surface area contributed by atoms with Gasteiger partial charge in [-0.25, -0.2) is 0 Å². The number of alkyl halides is 1. The summed E-state index contributed by atoms with van der Waals surface area (Å²) >= 11 is 3.55. The smallest absolute Gasteiger partial charge is 0.0806 e. The predicted octanol–water partition coefficient (Wildman–Crippen LogP) is 4.18. The SMILES string of the molecule is CC(C)c1ccc(CN2CC(CBr)OC(C)(C)C2)cc1. The fraction of sp³-hybridized carbons (Fsp3) is 0.647. The van der Waals surface area contributed by atoms with E-state index >= 15 is 0 Å². The van der Waals surface area contributed by atoms with Crippen molar-refractivity contribution in [1.82, 2.24) is 4.90 Å². The number of rotatable bonds is 4. The van der Waals surface area contributed by atoms with E-state index in [1.165, 1.54) is 11.1 Å². The molecule has 1 heterocycles. The topological polar surface area (TPSA) is 12.5 Å². The first-order valence-electron chi connectivity index (χ1n) is 7.44. The Labute approximate surface area is 131 Å². The van der Waals surface area contributed by atoms with Crippen molar-refractivity contribution >= 4 is 15.9 Å². The van der Waals surface area contributed by atoms with Crippen LogP contribution in [0.3, 0.4) is 0 Å². The Kier molecular flexibility index (Phi) is 5.27. The summed E-state index contributed by atoms with van der Waals surface area (Å²) in [7, 11) is 0. The Balaban J connectivity index is 2.01.